The number of rotatable bonds is 5. The zero-order valence-electron chi connectivity index (χ0n) is 41.1. The Labute approximate surface area is 396 Å². The van der Waals surface area contributed by atoms with Crippen LogP contribution in [0.2, 0.25) is 0 Å². The fourth-order valence-electron chi connectivity index (χ4n) is 10.9. The Hall–Kier alpha value is -5.78. The molecule has 0 bridgehead atoms. The molecule has 11 rings (SSSR count). The van der Waals surface area contributed by atoms with Crippen molar-refractivity contribution in [2.75, 3.05) is 0 Å². The molecule has 0 aliphatic carbocycles. The van der Waals surface area contributed by atoms with Crippen LogP contribution in [0.15, 0.2) is 137 Å². The number of nitrogens with zero attached hydrogens (tertiary/aromatic N) is 3. The molecule has 7 aromatic carbocycles. The molecule has 5 heteroatoms. The van der Waals surface area contributed by atoms with E-state index in [0.717, 1.165) is 22.4 Å². The summed E-state index contributed by atoms with van der Waals surface area (Å²) in [5, 5.41) is 2.69. The predicted octanol–water partition coefficient (Wildman–Crippen LogP) is 14.9. The van der Waals surface area contributed by atoms with Gasteiger partial charge in [-0.05, 0) is 133 Å². The van der Waals surface area contributed by atoms with Crippen LogP contribution in [0.5, 0.6) is 0 Å². The lowest BCUT2D eigenvalue weighted by molar-refractivity contribution is 0.590. The molecule has 2 aliphatic rings. The summed E-state index contributed by atoms with van der Waals surface area (Å²) >= 11 is 1.95. The number of hydrogen-bond donors (Lipinski definition) is 0. The van der Waals surface area contributed by atoms with E-state index in [1.54, 1.807) is 0 Å². The van der Waals surface area contributed by atoms with E-state index in [1.807, 2.05) is 11.8 Å². The Kier molecular flexibility index (Phi) is 9.65. The highest BCUT2D eigenvalue weighted by molar-refractivity contribution is 8.00. The molecular formula is C61H62BN3S. The molecule has 0 saturated carbocycles. The van der Waals surface area contributed by atoms with Gasteiger partial charge in [0.05, 0.1) is 22.2 Å². The summed E-state index contributed by atoms with van der Waals surface area (Å²) < 4.78 is 5.09. The lowest BCUT2D eigenvalue weighted by Crippen LogP contribution is -2.59. The maximum Gasteiger partial charge on any atom is 0.249 e. The Bertz CT molecular complexity index is 3440. The molecule has 0 N–H and O–H groups in total. The fraction of sp³-hybridized carbons (Fsp3) is 0.295. The van der Waals surface area contributed by atoms with Crippen LogP contribution in [0, 0.1) is 0 Å². The van der Waals surface area contributed by atoms with Crippen LogP contribution < -0.4 is 16.4 Å². The molecule has 0 saturated heterocycles. The van der Waals surface area contributed by atoms with Crippen LogP contribution >= 0.6 is 11.8 Å². The van der Waals surface area contributed by atoms with Gasteiger partial charge in [-0.3, -0.25) is 4.57 Å². The third kappa shape index (κ3) is 6.66. The molecule has 2 aromatic heterocycles. The molecule has 0 unspecified atom stereocenters. The zero-order chi connectivity index (χ0) is 46.4. The number of fused-ring (bicyclic) bond motifs is 8. The van der Waals surface area contributed by atoms with E-state index in [-0.39, 0.29) is 23.0 Å². The van der Waals surface area contributed by atoms with Crippen LogP contribution in [0.4, 0.5) is 0 Å². The van der Waals surface area contributed by atoms with Crippen LogP contribution in [0.1, 0.15) is 130 Å². The molecule has 0 radical (unpaired) electrons. The fourth-order valence-corrected chi connectivity index (χ4v) is 12.1. The molecule has 3 nitrogen and oxygen atoms in total. The van der Waals surface area contributed by atoms with Crippen molar-refractivity contribution in [1.29, 1.82) is 0 Å². The predicted molar refractivity (Wildman–Crippen MR) is 286 cm³/mol. The highest BCUT2D eigenvalue weighted by atomic mass is 32.2. The highest BCUT2D eigenvalue weighted by Crippen LogP contribution is 2.44. The van der Waals surface area contributed by atoms with Gasteiger partial charge >= 0.3 is 0 Å². The lowest BCUT2D eigenvalue weighted by atomic mass is 9.35. The summed E-state index contributed by atoms with van der Waals surface area (Å²) in [5.41, 5.74) is 21.9. The SMILES string of the molecule is CC(C)c1cccc(C(C)C)c1-n1c(-c2cccc(-c3cc4c5c(c3)-n3c6ccc(C(C)(C)C)cc6c6cc(C(C)(C)C)cc(c63)B5c3cc(C(C)(C)C)ccc3S4)c2)nc2ccccc21. The van der Waals surface area contributed by atoms with Crippen molar-refractivity contribution in [1.82, 2.24) is 14.1 Å². The van der Waals surface area contributed by atoms with Crippen molar-refractivity contribution in [3.8, 4) is 33.9 Å². The van der Waals surface area contributed by atoms with Gasteiger partial charge in [-0.1, -0.05) is 180 Å². The maximum atomic E-state index is 5.45. The van der Waals surface area contributed by atoms with Gasteiger partial charge in [0.2, 0.25) is 6.71 Å². The van der Waals surface area contributed by atoms with E-state index < -0.39 is 0 Å². The van der Waals surface area contributed by atoms with Crippen molar-refractivity contribution in [3.63, 3.8) is 0 Å². The van der Waals surface area contributed by atoms with E-state index in [0.29, 0.717) is 11.8 Å². The van der Waals surface area contributed by atoms with Gasteiger partial charge in [0.15, 0.2) is 0 Å². The van der Waals surface area contributed by atoms with Crippen molar-refractivity contribution in [3.05, 3.63) is 155 Å². The number of imidazole rings is 1. The second kappa shape index (κ2) is 14.9. The summed E-state index contributed by atoms with van der Waals surface area (Å²) in [6.07, 6.45) is 0. The third-order valence-electron chi connectivity index (χ3n) is 14.6. The van der Waals surface area contributed by atoms with Gasteiger partial charge in [0, 0.05) is 37.3 Å². The quantitative estimate of drug-likeness (QED) is 0.161. The first kappa shape index (κ1) is 42.8. The molecular weight excluding hydrogens is 818 g/mol. The van der Waals surface area contributed by atoms with Crippen LogP contribution in [0.3, 0.4) is 0 Å². The number of aromatic nitrogens is 3. The van der Waals surface area contributed by atoms with Gasteiger partial charge < -0.3 is 4.57 Å². The monoisotopic (exact) mass is 879 g/mol. The minimum Gasteiger partial charge on any atom is -0.310 e. The van der Waals surface area contributed by atoms with Crippen LogP contribution in [0.25, 0.3) is 66.7 Å². The molecule has 0 amide bonds. The topological polar surface area (TPSA) is 22.8 Å². The van der Waals surface area contributed by atoms with Crippen molar-refractivity contribution < 1.29 is 0 Å². The molecule has 66 heavy (non-hydrogen) atoms. The van der Waals surface area contributed by atoms with Crippen LogP contribution in [-0.4, -0.2) is 20.8 Å². The minimum absolute atomic E-state index is 0.0218. The Balaban J connectivity index is 1.19. The van der Waals surface area contributed by atoms with E-state index in [2.05, 4.69) is 227 Å². The number of benzene rings is 7. The normalized spacial score (nSPS) is 13.7. The molecule has 0 fully saturated rings. The average Bonchev–Trinajstić information content (AvgIpc) is 3.82. The van der Waals surface area contributed by atoms with Crippen molar-refractivity contribution in [2.45, 2.75) is 128 Å². The summed E-state index contributed by atoms with van der Waals surface area (Å²) in [4.78, 5) is 8.14. The maximum absolute atomic E-state index is 5.45. The van der Waals surface area contributed by atoms with E-state index in [4.69, 9.17) is 4.98 Å². The Morgan fingerprint density at radius 2 is 1.12 bits per heavy atom. The second-order valence-corrected chi connectivity index (χ2v) is 24.0. The Morgan fingerprint density at radius 3 is 1.82 bits per heavy atom. The molecule has 4 heterocycles. The molecule has 2 aliphatic heterocycles. The lowest BCUT2D eigenvalue weighted by Gasteiger charge is -2.35. The average molecular weight is 880 g/mol. The van der Waals surface area contributed by atoms with E-state index in [1.165, 1.54) is 98.3 Å². The largest absolute Gasteiger partial charge is 0.310 e. The minimum atomic E-state index is -0.0218. The molecule has 0 spiro atoms. The Morgan fingerprint density at radius 1 is 0.500 bits per heavy atom. The third-order valence-corrected chi connectivity index (χ3v) is 15.7. The first-order valence-electron chi connectivity index (χ1n) is 24.1. The summed E-state index contributed by atoms with van der Waals surface area (Å²) in [6, 6.07) is 49.3. The van der Waals surface area contributed by atoms with E-state index in [9.17, 15) is 0 Å². The molecule has 330 valence electrons. The number of hydrogen-bond acceptors (Lipinski definition) is 2. The second-order valence-electron chi connectivity index (χ2n) is 22.9. The standard InChI is InChI=1S/C61H62BN3S/c1-35(2)43-20-17-21-44(36(3)4)56(43)65-51-23-15-14-22-49(51)63-58(65)38-19-16-18-37(28-38)39-29-52-55-54(30-39)66-53-27-25-41(60(8,9)10)33-47(53)62(55)48-34-42(61(11,12)13)32-46-45-31-40(59(5,6)7)24-26-50(45)64(52)57(46)48/h14-36H,1-13H3. The zero-order valence-corrected chi connectivity index (χ0v) is 41.9. The van der Waals surface area contributed by atoms with E-state index >= 15 is 0 Å². The van der Waals surface area contributed by atoms with Crippen molar-refractivity contribution in [2.24, 2.45) is 0 Å². The molecule has 0 atom stereocenters. The van der Waals surface area contributed by atoms with Gasteiger partial charge in [-0.15, -0.1) is 0 Å². The first-order valence-corrected chi connectivity index (χ1v) is 24.9. The highest BCUT2D eigenvalue weighted by Gasteiger charge is 2.41. The smallest absolute Gasteiger partial charge is 0.249 e. The summed E-state index contributed by atoms with van der Waals surface area (Å²) in [7, 11) is 0. The summed E-state index contributed by atoms with van der Waals surface area (Å²) in [5.74, 6) is 1.67. The number of para-hydroxylation sites is 3. The van der Waals surface area contributed by atoms with Gasteiger partial charge in [-0.2, -0.15) is 0 Å². The first-order chi connectivity index (χ1) is 31.3. The van der Waals surface area contributed by atoms with Crippen LogP contribution in [-0.2, 0) is 16.2 Å². The van der Waals surface area contributed by atoms with Crippen molar-refractivity contribution >= 4 is 67.7 Å². The van der Waals surface area contributed by atoms with Gasteiger partial charge in [0.25, 0.3) is 0 Å². The van der Waals surface area contributed by atoms with Gasteiger partial charge in [0.1, 0.15) is 5.82 Å². The molecule has 9 aromatic rings. The van der Waals surface area contributed by atoms with Gasteiger partial charge in [-0.25, -0.2) is 4.98 Å². The summed E-state index contributed by atoms with van der Waals surface area (Å²) in [6.45, 7) is 30.5.